The highest BCUT2D eigenvalue weighted by atomic mass is 79.9. The lowest BCUT2D eigenvalue weighted by Crippen LogP contribution is -1.92. The van der Waals surface area contributed by atoms with Crippen LogP contribution >= 0.6 is 32.9 Å². The number of hydrogen-bond acceptors (Lipinski definition) is 2. The SMILES string of the molecule is Br.COc1cc(C)c(N)c(Br)c1. The lowest BCUT2D eigenvalue weighted by atomic mass is 10.2. The Kier molecular flexibility index (Phi) is 4.63. The van der Waals surface area contributed by atoms with Crippen LogP contribution in [0.4, 0.5) is 5.69 Å². The van der Waals surface area contributed by atoms with E-state index in [1.807, 2.05) is 19.1 Å². The number of benzene rings is 1. The second-order valence-electron chi connectivity index (χ2n) is 2.34. The van der Waals surface area contributed by atoms with Crippen LogP contribution < -0.4 is 10.5 Å². The molecule has 0 heterocycles. The van der Waals surface area contributed by atoms with Crippen molar-refractivity contribution in [3.05, 3.63) is 22.2 Å². The zero-order chi connectivity index (χ0) is 8.43. The predicted octanol–water partition coefficient (Wildman–Crippen LogP) is 2.93. The molecule has 0 spiro atoms. The molecule has 4 heteroatoms. The van der Waals surface area contributed by atoms with Crippen LogP contribution in [0.25, 0.3) is 0 Å². The summed E-state index contributed by atoms with van der Waals surface area (Å²) in [7, 11) is 1.64. The Labute approximate surface area is 91.0 Å². The maximum absolute atomic E-state index is 5.70. The molecule has 1 aromatic rings. The highest BCUT2D eigenvalue weighted by Crippen LogP contribution is 2.28. The number of nitrogens with two attached hydrogens (primary N) is 1. The van der Waals surface area contributed by atoms with Gasteiger partial charge in [0.1, 0.15) is 5.75 Å². The molecule has 0 aromatic heterocycles. The molecule has 0 amide bonds. The van der Waals surface area contributed by atoms with Gasteiger partial charge >= 0.3 is 0 Å². The molecule has 0 aliphatic rings. The Bertz CT molecular complexity index is 253. The Morgan fingerprint density at radius 3 is 2.42 bits per heavy atom. The van der Waals surface area contributed by atoms with Gasteiger partial charge in [0.15, 0.2) is 0 Å². The quantitative estimate of drug-likeness (QED) is 0.809. The highest BCUT2D eigenvalue weighted by Gasteiger charge is 2.01. The summed E-state index contributed by atoms with van der Waals surface area (Å²) in [6, 6.07) is 3.75. The molecule has 1 aromatic carbocycles. The van der Waals surface area contributed by atoms with E-state index in [2.05, 4.69) is 15.9 Å². The Hall–Kier alpha value is -0.220. The fourth-order valence-corrected chi connectivity index (χ4v) is 1.38. The van der Waals surface area contributed by atoms with Gasteiger partial charge in [0.25, 0.3) is 0 Å². The molecule has 2 N–H and O–H groups in total. The van der Waals surface area contributed by atoms with E-state index < -0.39 is 0 Å². The van der Waals surface area contributed by atoms with Gasteiger partial charge in [-0.15, -0.1) is 17.0 Å². The fourth-order valence-electron chi connectivity index (χ4n) is 0.842. The summed E-state index contributed by atoms with van der Waals surface area (Å²) in [6.07, 6.45) is 0. The number of aryl methyl sites for hydroxylation is 1. The second kappa shape index (κ2) is 4.72. The van der Waals surface area contributed by atoms with Crippen molar-refractivity contribution in [3.8, 4) is 5.75 Å². The van der Waals surface area contributed by atoms with Crippen molar-refractivity contribution in [3.63, 3.8) is 0 Å². The molecule has 0 atom stereocenters. The van der Waals surface area contributed by atoms with Crippen molar-refractivity contribution >= 4 is 38.6 Å². The van der Waals surface area contributed by atoms with E-state index in [0.717, 1.165) is 21.5 Å². The summed E-state index contributed by atoms with van der Waals surface area (Å²) in [6.45, 7) is 1.95. The molecule has 0 fully saturated rings. The van der Waals surface area contributed by atoms with Crippen molar-refractivity contribution < 1.29 is 4.74 Å². The second-order valence-corrected chi connectivity index (χ2v) is 3.19. The molecule has 0 saturated carbocycles. The monoisotopic (exact) mass is 295 g/mol. The van der Waals surface area contributed by atoms with Gasteiger partial charge in [-0.05, 0) is 40.5 Å². The molecule has 68 valence electrons. The third-order valence-corrected chi connectivity index (χ3v) is 2.20. The molecular weight excluding hydrogens is 286 g/mol. The number of methoxy groups -OCH3 is 1. The number of ether oxygens (including phenoxy) is 1. The van der Waals surface area contributed by atoms with Gasteiger partial charge in [-0.3, -0.25) is 0 Å². The van der Waals surface area contributed by atoms with Gasteiger partial charge in [-0.2, -0.15) is 0 Å². The van der Waals surface area contributed by atoms with Crippen LogP contribution in [-0.2, 0) is 0 Å². The van der Waals surface area contributed by atoms with Crippen LogP contribution in [-0.4, -0.2) is 7.11 Å². The van der Waals surface area contributed by atoms with E-state index in [0.29, 0.717) is 0 Å². The molecule has 0 aliphatic carbocycles. The average Bonchev–Trinajstić information content (AvgIpc) is 1.99. The first-order valence-electron chi connectivity index (χ1n) is 3.24. The minimum absolute atomic E-state index is 0. The number of halogens is 2. The minimum atomic E-state index is 0. The Balaban J connectivity index is 0.00000121. The van der Waals surface area contributed by atoms with Gasteiger partial charge in [-0.25, -0.2) is 0 Å². The summed E-state index contributed by atoms with van der Waals surface area (Å²) >= 11 is 3.33. The van der Waals surface area contributed by atoms with E-state index in [1.165, 1.54) is 0 Å². The van der Waals surface area contributed by atoms with Crippen LogP contribution in [0.1, 0.15) is 5.56 Å². The molecule has 1 rings (SSSR count). The first-order chi connectivity index (χ1) is 5.15. The van der Waals surface area contributed by atoms with Gasteiger partial charge < -0.3 is 10.5 Å². The molecule has 2 nitrogen and oxygen atoms in total. The fraction of sp³-hybridized carbons (Fsp3) is 0.250. The summed E-state index contributed by atoms with van der Waals surface area (Å²) in [5.41, 5.74) is 7.50. The molecule has 0 bridgehead atoms. The predicted molar refractivity (Wildman–Crippen MR) is 60.2 cm³/mol. The maximum Gasteiger partial charge on any atom is 0.120 e. The molecule has 0 unspecified atom stereocenters. The zero-order valence-electron chi connectivity index (χ0n) is 6.93. The van der Waals surface area contributed by atoms with Gasteiger partial charge in [0.05, 0.1) is 7.11 Å². The number of nitrogen functional groups attached to an aromatic ring is 1. The van der Waals surface area contributed by atoms with E-state index in [-0.39, 0.29) is 17.0 Å². The molecule has 0 radical (unpaired) electrons. The summed E-state index contributed by atoms with van der Waals surface area (Å²) < 4.78 is 5.93. The third kappa shape index (κ3) is 2.38. The maximum atomic E-state index is 5.70. The summed E-state index contributed by atoms with van der Waals surface area (Å²) in [5.74, 6) is 0.823. The number of anilines is 1. The lowest BCUT2D eigenvalue weighted by molar-refractivity contribution is 0.414. The number of rotatable bonds is 1. The number of hydrogen-bond donors (Lipinski definition) is 1. The smallest absolute Gasteiger partial charge is 0.120 e. The zero-order valence-corrected chi connectivity index (χ0v) is 10.2. The van der Waals surface area contributed by atoms with Gasteiger partial charge in [0, 0.05) is 10.2 Å². The van der Waals surface area contributed by atoms with Crippen molar-refractivity contribution in [1.82, 2.24) is 0 Å². The van der Waals surface area contributed by atoms with E-state index in [4.69, 9.17) is 10.5 Å². The van der Waals surface area contributed by atoms with E-state index >= 15 is 0 Å². The topological polar surface area (TPSA) is 35.2 Å². The largest absolute Gasteiger partial charge is 0.497 e. The molecule has 12 heavy (non-hydrogen) atoms. The lowest BCUT2D eigenvalue weighted by Gasteiger charge is -2.05. The van der Waals surface area contributed by atoms with Crippen molar-refractivity contribution in [2.24, 2.45) is 0 Å². The molecule has 0 saturated heterocycles. The van der Waals surface area contributed by atoms with Crippen molar-refractivity contribution in [1.29, 1.82) is 0 Å². The first-order valence-corrected chi connectivity index (χ1v) is 4.04. The minimum Gasteiger partial charge on any atom is -0.497 e. The highest BCUT2D eigenvalue weighted by molar-refractivity contribution is 9.10. The molecular formula is C8H11Br2NO. The van der Waals surface area contributed by atoms with Crippen LogP contribution in [0, 0.1) is 6.92 Å². The van der Waals surface area contributed by atoms with Gasteiger partial charge in [0.2, 0.25) is 0 Å². The van der Waals surface area contributed by atoms with Crippen LogP contribution in [0.3, 0.4) is 0 Å². The Morgan fingerprint density at radius 1 is 1.42 bits per heavy atom. The van der Waals surface area contributed by atoms with Gasteiger partial charge in [-0.1, -0.05) is 0 Å². The molecule has 0 aliphatic heterocycles. The van der Waals surface area contributed by atoms with E-state index in [9.17, 15) is 0 Å². The normalized spacial score (nSPS) is 8.92. The van der Waals surface area contributed by atoms with Crippen LogP contribution in [0.15, 0.2) is 16.6 Å². The standard InChI is InChI=1S/C8H10BrNO.BrH/c1-5-3-6(11-2)4-7(9)8(5)10;/h3-4H,10H2,1-2H3;1H. The van der Waals surface area contributed by atoms with Crippen LogP contribution in [0.2, 0.25) is 0 Å². The van der Waals surface area contributed by atoms with Crippen LogP contribution in [0.5, 0.6) is 5.75 Å². The summed E-state index contributed by atoms with van der Waals surface area (Å²) in [5, 5.41) is 0. The first kappa shape index (κ1) is 11.8. The summed E-state index contributed by atoms with van der Waals surface area (Å²) in [4.78, 5) is 0. The average molecular weight is 297 g/mol. The third-order valence-electron chi connectivity index (χ3n) is 1.55. The van der Waals surface area contributed by atoms with Crippen molar-refractivity contribution in [2.45, 2.75) is 6.92 Å². The Morgan fingerprint density at radius 2 is 2.00 bits per heavy atom. The van der Waals surface area contributed by atoms with Crippen molar-refractivity contribution in [2.75, 3.05) is 12.8 Å². The van der Waals surface area contributed by atoms with E-state index in [1.54, 1.807) is 7.11 Å².